The number of aliphatic carboxylic acids is 1. The Labute approximate surface area is 138 Å². The van der Waals surface area contributed by atoms with E-state index in [2.05, 4.69) is 11.7 Å². The van der Waals surface area contributed by atoms with Gasteiger partial charge in [0, 0.05) is 5.57 Å². The number of hydrogen-bond acceptors (Lipinski definition) is 5. The number of para-hydroxylation sites is 3. The van der Waals surface area contributed by atoms with Crippen molar-refractivity contribution < 1.29 is 19.7 Å². The molecular weight excluding hydrogens is 308 g/mol. The zero-order chi connectivity index (χ0) is 17.1. The van der Waals surface area contributed by atoms with Crippen molar-refractivity contribution in [2.45, 2.75) is 0 Å². The van der Waals surface area contributed by atoms with Gasteiger partial charge in [0.2, 0.25) is 0 Å². The third-order valence-corrected chi connectivity index (χ3v) is 3.33. The van der Waals surface area contributed by atoms with Crippen LogP contribution in [0.25, 0.3) is 0 Å². The molecule has 2 aromatic rings. The van der Waals surface area contributed by atoms with Crippen LogP contribution in [0.4, 0.5) is 5.69 Å². The Morgan fingerprint density at radius 3 is 2.46 bits per heavy atom. The van der Waals surface area contributed by atoms with Crippen LogP contribution in [0.1, 0.15) is 0 Å². The molecule has 0 unspecified atom stereocenters. The molecule has 1 heterocycles. The highest BCUT2D eigenvalue weighted by Gasteiger charge is 2.25. The van der Waals surface area contributed by atoms with Crippen LogP contribution in [0, 0.1) is 0 Å². The number of allylic oxidation sites excluding steroid dienone is 1. The van der Waals surface area contributed by atoms with Gasteiger partial charge in [-0.15, -0.1) is 0 Å². The molecule has 2 N–H and O–H groups in total. The Morgan fingerprint density at radius 2 is 1.75 bits per heavy atom. The lowest BCUT2D eigenvalue weighted by molar-refractivity contribution is -0.129. The molecule has 0 saturated carbocycles. The van der Waals surface area contributed by atoms with Gasteiger partial charge < -0.3 is 14.9 Å². The maximum Gasteiger partial charge on any atom is 0.357 e. The second kappa shape index (κ2) is 6.29. The van der Waals surface area contributed by atoms with Gasteiger partial charge in [-0.2, -0.15) is 5.10 Å². The van der Waals surface area contributed by atoms with E-state index in [-0.39, 0.29) is 17.0 Å². The predicted octanol–water partition coefficient (Wildman–Crippen LogP) is 3.70. The molecular formula is C18H14N2O4. The van der Waals surface area contributed by atoms with Crippen molar-refractivity contribution in [3.05, 3.63) is 78.7 Å². The Bertz CT molecular complexity index is 856. The van der Waals surface area contributed by atoms with Gasteiger partial charge in [-0.1, -0.05) is 36.9 Å². The van der Waals surface area contributed by atoms with Crippen LogP contribution in [-0.4, -0.2) is 21.9 Å². The van der Waals surface area contributed by atoms with E-state index in [0.29, 0.717) is 17.2 Å². The van der Waals surface area contributed by atoms with E-state index < -0.39 is 5.97 Å². The normalized spacial score (nSPS) is 14.0. The Balaban J connectivity index is 2.01. The average molecular weight is 322 g/mol. The van der Waals surface area contributed by atoms with Crippen LogP contribution in [0.2, 0.25) is 0 Å². The smallest absolute Gasteiger partial charge is 0.357 e. The Kier molecular flexibility index (Phi) is 4.03. The number of nitrogens with zero attached hydrogens (tertiary/aromatic N) is 2. The van der Waals surface area contributed by atoms with Crippen LogP contribution >= 0.6 is 0 Å². The molecule has 1 aliphatic rings. The van der Waals surface area contributed by atoms with E-state index in [4.69, 9.17) is 4.74 Å². The van der Waals surface area contributed by atoms with Crippen molar-refractivity contribution in [3.8, 4) is 11.5 Å². The minimum Gasteiger partial charge on any atom is -0.506 e. The van der Waals surface area contributed by atoms with Crippen LogP contribution in [-0.2, 0) is 4.79 Å². The second-order valence-electron chi connectivity index (χ2n) is 4.97. The summed E-state index contributed by atoms with van der Waals surface area (Å²) in [5.74, 6) is -0.446. The zero-order valence-electron chi connectivity index (χ0n) is 12.6. The molecule has 0 amide bonds. The minimum atomic E-state index is -1.27. The number of carboxylic acids is 1. The van der Waals surface area contributed by atoms with E-state index in [1.807, 2.05) is 18.2 Å². The summed E-state index contributed by atoms with van der Waals surface area (Å²) in [4.78, 5) is 11.3. The monoisotopic (exact) mass is 322 g/mol. The summed E-state index contributed by atoms with van der Waals surface area (Å²) in [5.41, 5.74) is 0.115. The SMILES string of the molecule is C=C1C(O)=CN(c2ccccc2Oc2ccccc2)N=C1C(=O)O. The van der Waals surface area contributed by atoms with Gasteiger partial charge in [-0.25, -0.2) is 9.80 Å². The number of hydrogen-bond donors (Lipinski definition) is 2. The first-order valence-corrected chi connectivity index (χ1v) is 7.10. The van der Waals surface area contributed by atoms with E-state index in [9.17, 15) is 15.0 Å². The molecule has 6 heteroatoms. The molecule has 0 aliphatic carbocycles. The van der Waals surface area contributed by atoms with Crippen molar-refractivity contribution in [3.63, 3.8) is 0 Å². The number of benzene rings is 2. The fraction of sp³-hybridized carbons (Fsp3) is 0. The van der Waals surface area contributed by atoms with Crippen LogP contribution in [0.5, 0.6) is 11.5 Å². The number of ether oxygens (including phenoxy) is 1. The van der Waals surface area contributed by atoms with Crippen molar-refractivity contribution >= 4 is 17.4 Å². The number of hydrazone groups is 1. The summed E-state index contributed by atoms with van der Waals surface area (Å²) in [6, 6.07) is 16.1. The average Bonchev–Trinajstić information content (AvgIpc) is 2.58. The number of anilines is 1. The summed E-state index contributed by atoms with van der Waals surface area (Å²) >= 11 is 0. The maximum absolute atomic E-state index is 11.3. The van der Waals surface area contributed by atoms with Gasteiger partial charge >= 0.3 is 5.97 Å². The minimum absolute atomic E-state index is 0.0415. The van der Waals surface area contributed by atoms with Crippen LogP contribution < -0.4 is 9.75 Å². The zero-order valence-corrected chi connectivity index (χ0v) is 12.6. The molecule has 0 atom stereocenters. The number of carbonyl (C=O) groups is 1. The highest BCUT2D eigenvalue weighted by Crippen LogP contribution is 2.34. The number of carboxylic acid groups (broad SMARTS) is 1. The van der Waals surface area contributed by atoms with Crippen molar-refractivity contribution in [1.29, 1.82) is 0 Å². The quantitative estimate of drug-likeness (QED) is 0.897. The van der Waals surface area contributed by atoms with E-state index in [1.54, 1.807) is 36.4 Å². The number of aliphatic hydroxyl groups is 1. The first-order chi connectivity index (χ1) is 11.6. The first-order valence-electron chi connectivity index (χ1n) is 7.10. The number of aliphatic hydroxyl groups excluding tert-OH is 1. The molecule has 0 saturated heterocycles. The molecule has 0 spiro atoms. The third kappa shape index (κ3) is 2.98. The van der Waals surface area contributed by atoms with E-state index in [1.165, 1.54) is 11.2 Å². The van der Waals surface area contributed by atoms with Crippen molar-refractivity contribution in [1.82, 2.24) is 0 Å². The van der Waals surface area contributed by atoms with Gasteiger partial charge in [0.25, 0.3) is 0 Å². The molecule has 120 valence electrons. The molecule has 1 aliphatic heterocycles. The molecule has 6 nitrogen and oxygen atoms in total. The second-order valence-corrected chi connectivity index (χ2v) is 4.97. The standard InChI is InChI=1S/C18H14N2O4/c1-12-15(21)11-20(19-17(12)18(22)23)14-9-5-6-10-16(14)24-13-7-3-2-4-8-13/h2-11,21H,1H2,(H,22,23). The van der Waals surface area contributed by atoms with Gasteiger partial charge in [0.15, 0.2) is 11.5 Å². The fourth-order valence-electron chi connectivity index (χ4n) is 2.16. The third-order valence-electron chi connectivity index (χ3n) is 3.33. The van der Waals surface area contributed by atoms with Crippen LogP contribution in [0.3, 0.4) is 0 Å². The molecule has 0 fully saturated rings. The Morgan fingerprint density at radius 1 is 1.08 bits per heavy atom. The highest BCUT2D eigenvalue weighted by molar-refractivity contribution is 6.43. The molecule has 2 aromatic carbocycles. The highest BCUT2D eigenvalue weighted by atomic mass is 16.5. The van der Waals surface area contributed by atoms with Crippen molar-refractivity contribution in [2.24, 2.45) is 5.10 Å². The van der Waals surface area contributed by atoms with Crippen molar-refractivity contribution in [2.75, 3.05) is 5.01 Å². The maximum atomic E-state index is 11.3. The Hall–Kier alpha value is -3.54. The summed E-state index contributed by atoms with van der Waals surface area (Å²) in [6.45, 7) is 3.53. The largest absolute Gasteiger partial charge is 0.506 e. The summed E-state index contributed by atoms with van der Waals surface area (Å²) in [5, 5.41) is 24.4. The first kappa shape index (κ1) is 15.4. The fourth-order valence-corrected chi connectivity index (χ4v) is 2.16. The van der Waals surface area contributed by atoms with Gasteiger partial charge in [-0.3, -0.25) is 0 Å². The van der Waals surface area contributed by atoms with E-state index >= 15 is 0 Å². The summed E-state index contributed by atoms with van der Waals surface area (Å²) in [7, 11) is 0. The number of rotatable bonds is 4. The predicted molar refractivity (Wildman–Crippen MR) is 90.4 cm³/mol. The lowest BCUT2D eigenvalue weighted by Crippen LogP contribution is -2.26. The van der Waals surface area contributed by atoms with E-state index in [0.717, 1.165) is 0 Å². The molecule has 0 aromatic heterocycles. The van der Waals surface area contributed by atoms with Gasteiger partial charge in [0.1, 0.15) is 17.2 Å². The summed E-state index contributed by atoms with van der Waals surface area (Å²) in [6.07, 6.45) is 1.29. The molecule has 24 heavy (non-hydrogen) atoms. The van der Waals surface area contributed by atoms with Gasteiger partial charge in [0.05, 0.1) is 6.20 Å². The molecule has 3 rings (SSSR count). The summed E-state index contributed by atoms with van der Waals surface area (Å²) < 4.78 is 5.83. The lowest BCUT2D eigenvalue weighted by Gasteiger charge is -2.23. The van der Waals surface area contributed by atoms with Crippen LogP contribution in [0.15, 0.2) is 83.8 Å². The lowest BCUT2D eigenvalue weighted by atomic mass is 10.1. The topological polar surface area (TPSA) is 82.4 Å². The molecule has 0 bridgehead atoms. The molecule has 0 radical (unpaired) electrons. The van der Waals surface area contributed by atoms with Gasteiger partial charge in [-0.05, 0) is 24.3 Å².